The van der Waals surface area contributed by atoms with Gasteiger partial charge in [-0.3, -0.25) is 14.9 Å². The lowest BCUT2D eigenvalue weighted by molar-refractivity contribution is -0.384. The van der Waals surface area contributed by atoms with Crippen molar-refractivity contribution in [3.63, 3.8) is 0 Å². The first-order valence-corrected chi connectivity index (χ1v) is 10.6. The van der Waals surface area contributed by atoms with Gasteiger partial charge in [0.1, 0.15) is 0 Å². The molecule has 10 nitrogen and oxygen atoms in total. The summed E-state index contributed by atoms with van der Waals surface area (Å²) in [6, 6.07) is 11.0. The molecule has 1 atom stereocenters. The molecule has 1 aliphatic heterocycles. The van der Waals surface area contributed by atoms with Crippen LogP contribution in [0.2, 0.25) is 0 Å². The van der Waals surface area contributed by atoms with E-state index >= 15 is 0 Å². The molecular formula is C19H21N3O7S. The van der Waals surface area contributed by atoms with E-state index in [9.17, 15) is 28.4 Å². The van der Waals surface area contributed by atoms with Gasteiger partial charge in [0.15, 0.2) is 0 Å². The summed E-state index contributed by atoms with van der Waals surface area (Å²) in [5.41, 5.74) is 0.443. The van der Waals surface area contributed by atoms with Gasteiger partial charge in [-0.05, 0) is 35.9 Å². The first kappa shape index (κ1) is 21.8. The molecule has 1 fully saturated rings. The molecule has 1 heterocycles. The Morgan fingerprint density at radius 2 is 1.87 bits per heavy atom. The van der Waals surface area contributed by atoms with Crippen LogP contribution >= 0.6 is 0 Å². The van der Waals surface area contributed by atoms with Crippen LogP contribution in [0.3, 0.4) is 0 Å². The van der Waals surface area contributed by atoms with Crippen molar-refractivity contribution in [1.29, 1.82) is 0 Å². The minimum absolute atomic E-state index is 0.00738. The number of hydrogen-bond acceptors (Lipinski definition) is 7. The largest absolute Gasteiger partial charge is 0.387 e. The second kappa shape index (κ2) is 9.30. The summed E-state index contributed by atoms with van der Waals surface area (Å²) in [5, 5.41) is 23.4. The number of carbonyl (C=O) groups is 1. The Balaban J connectivity index is 1.65. The Bertz CT molecular complexity index is 1020. The van der Waals surface area contributed by atoms with Crippen LogP contribution < -0.4 is 5.32 Å². The molecule has 11 heteroatoms. The summed E-state index contributed by atoms with van der Waals surface area (Å²) >= 11 is 0. The Hall–Kier alpha value is -2.86. The van der Waals surface area contributed by atoms with E-state index in [1.807, 2.05) is 0 Å². The van der Waals surface area contributed by atoms with Gasteiger partial charge in [0.05, 0.1) is 29.1 Å². The van der Waals surface area contributed by atoms with Crippen LogP contribution in [0.25, 0.3) is 0 Å². The summed E-state index contributed by atoms with van der Waals surface area (Å²) in [6.07, 6.45) is -1.07. The molecule has 0 aromatic heterocycles. The zero-order valence-electron chi connectivity index (χ0n) is 15.9. The zero-order valence-corrected chi connectivity index (χ0v) is 16.7. The van der Waals surface area contributed by atoms with Crippen molar-refractivity contribution in [1.82, 2.24) is 9.62 Å². The van der Waals surface area contributed by atoms with E-state index in [-0.39, 0.29) is 35.8 Å². The van der Waals surface area contributed by atoms with Crippen molar-refractivity contribution in [3.8, 4) is 0 Å². The Morgan fingerprint density at radius 3 is 2.50 bits per heavy atom. The quantitative estimate of drug-likeness (QED) is 0.490. The first-order chi connectivity index (χ1) is 14.3. The number of nitrogens with zero attached hydrogens (tertiary/aromatic N) is 2. The van der Waals surface area contributed by atoms with Crippen molar-refractivity contribution >= 4 is 21.6 Å². The van der Waals surface area contributed by atoms with E-state index < -0.39 is 27.0 Å². The van der Waals surface area contributed by atoms with Gasteiger partial charge in [0, 0.05) is 37.3 Å². The Kier molecular flexibility index (Phi) is 6.77. The highest BCUT2D eigenvalue weighted by atomic mass is 32.2. The molecule has 0 unspecified atom stereocenters. The maximum absolute atomic E-state index is 12.7. The molecule has 1 saturated heterocycles. The van der Waals surface area contributed by atoms with E-state index in [0.717, 1.165) is 0 Å². The van der Waals surface area contributed by atoms with Crippen molar-refractivity contribution in [2.24, 2.45) is 0 Å². The number of aliphatic hydroxyl groups excluding tert-OH is 1. The van der Waals surface area contributed by atoms with Gasteiger partial charge < -0.3 is 15.2 Å². The van der Waals surface area contributed by atoms with Crippen LogP contribution in [0.1, 0.15) is 22.0 Å². The van der Waals surface area contributed by atoms with E-state index in [1.165, 1.54) is 52.8 Å². The minimum atomic E-state index is -3.73. The number of hydrogen-bond donors (Lipinski definition) is 2. The van der Waals surface area contributed by atoms with Gasteiger partial charge in [-0.2, -0.15) is 4.31 Å². The molecule has 0 spiro atoms. The van der Waals surface area contributed by atoms with Crippen LogP contribution in [0.5, 0.6) is 0 Å². The third-order valence-corrected chi connectivity index (χ3v) is 6.54. The second-order valence-electron chi connectivity index (χ2n) is 6.62. The van der Waals surface area contributed by atoms with Crippen molar-refractivity contribution in [2.45, 2.75) is 11.0 Å². The molecule has 2 aromatic carbocycles. The standard InChI is InChI=1S/C19H21N3O7S/c23-18(14-4-6-16(7-5-14)22(25)26)13-20-19(24)15-2-1-3-17(12-15)30(27,28)21-8-10-29-11-9-21/h1-7,12,18,23H,8-11,13H2,(H,20,24)/t18-/m0/s1. The number of benzene rings is 2. The predicted octanol–water partition coefficient (Wildman–Crippen LogP) is 1.08. The van der Waals surface area contributed by atoms with E-state index in [2.05, 4.69) is 5.32 Å². The third-order valence-electron chi connectivity index (χ3n) is 4.65. The van der Waals surface area contributed by atoms with Crippen LogP contribution in [-0.2, 0) is 14.8 Å². The molecule has 0 aliphatic carbocycles. The predicted molar refractivity (Wildman–Crippen MR) is 106 cm³/mol. The number of rotatable bonds is 7. The van der Waals surface area contributed by atoms with Crippen LogP contribution in [0.15, 0.2) is 53.4 Å². The van der Waals surface area contributed by atoms with Gasteiger partial charge in [0.2, 0.25) is 10.0 Å². The maximum atomic E-state index is 12.7. The minimum Gasteiger partial charge on any atom is -0.387 e. The number of amides is 1. The molecular weight excluding hydrogens is 414 g/mol. The number of nitrogens with one attached hydrogen (secondary N) is 1. The van der Waals surface area contributed by atoms with Crippen molar-refractivity contribution in [3.05, 3.63) is 69.8 Å². The number of carbonyl (C=O) groups excluding carboxylic acids is 1. The fourth-order valence-corrected chi connectivity index (χ4v) is 4.42. The van der Waals surface area contributed by atoms with Gasteiger partial charge >= 0.3 is 0 Å². The molecule has 2 aromatic rings. The van der Waals surface area contributed by atoms with Crippen molar-refractivity contribution < 1.29 is 28.0 Å². The second-order valence-corrected chi connectivity index (χ2v) is 8.56. The van der Waals surface area contributed by atoms with Gasteiger partial charge in [-0.25, -0.2) is 8.42 Å². The van der Waals surface area contributed by atoms with Crippen molar-refractivity contribution in [2.75, 3.05) is 32.8 Å². The molecule has 1 amide bonds. The van der Waals surface area contributed by atoms with Crippen LogP contribution in [0.4, 0.5) is 5.69 Å². The fourth-order valence-electron chi connectivity index (χ4n) is 2.96. The maximum Gasteiger partial charge on any atom is 0.269 e. The molecule has 0 radical (unpaired) electrons. The highest BCUT2D eigenvalue weighted by Crippen LogP contribution is 2.19. The number of non-ortho nitro benzene ring substituents is 1. The highest BCUT2D eigenvalue weighted by Gasteiger charge is 2.27. The van der Waals surface area contributed by atoms with Gasteiger partial charge in [-0.1, -0.05) is 6.07 Å². The lowest BCUT2D eigenvalue weighted by Crippen LogP contribution is -2.40. The van der Waals surface area contributed by atoms with E-state index in [1.54, 1.807) is 0 Å². The Labute approximate surface area is 173 Å². The smallest absolute Gasteiger partial charge is 0.269 e. The number of sulfonamides is 1. The average Bonchev–Trinajstić information content (AvgIpc) is 2.78. The molecule has 3 rings (SSSR count). The van der Waals surface area contributed by atoms with Crippen LogP contribution in [-0.4, -0.2) is 61.5 Å². The summed E-state index contributed by atoms with van der Waals surface area (Å²) in [7, 11) is -3.73. The fraction of sp³-hybridized carbons (Fsp3) is 0.316. The summed E-state index contributed by atoms with van der Waals surface area (Å²) in [6.45, 7) is 0.997. The highest BCUT2D eigenvalue weighted by molar-refractivity contribution is 7.89. The monoisotopic (exact) mass is 435 g/mol. The normalized spacial score (nSPS) is 16.0. The SMILES string of the molecule is O=C(NC[C@H](O)c1ccc([N+](=O)[O-])cc1)c1cccc(S(=O)(=O)N2CCOCC2)c1. The number of aliphatic hydroxyl groups is 1. The average molecular weight is 435 g/mol. The molecule has 2 N–H and O–H groups in total. The molecule has 0 saturated carbocycles. The van der Waals surface area contributed by atoms with Gasteiger partial charge in [-0.15, -0.1) is 0 Å². The van der Waals surface area contributed by atoms with E-state index in [0.29, 0.717) is 18.8 Å². The summed E-state index contributed by atoms with van der Waals surface area (Å²) < 4.78 is 32.0. The van der Waals surface area contributed by atoms with Crippen LogP contribution in [0, 0.1) is 10.1 Å². The zero-order chi connectivity index (χ0) is 21.7. The molecule has 30 heavy (non-hydrogen) atoms. The summed E-state index contributed by atoms with van der Waals surface area (Å²) in [5.74, 6) is -0.546. The number of ether oxygens (including phenoxy) is 1. The third kappa shape index (κ3) is 5.00. The van der Waals surface area contributed by atoms with Gasteiger partial charge in [0.25, 0.3) is 11.6 Å². The van der Waals surface area contributed by atoms with E-state index in [4.69, 9.17) is 4.74 Å². The first-order valence-electron chi connectivity index (χ1n) is 9.17. The lowest BCUT2D eigenvalue weighted by atomic mass is 10.1. The number of nitro benzene ring substituents is 1. The summed E-state index contributed by atoms with van der Waals surface area (Å²) in [4.78, 5) is 22.6. The molecule has 160 valence electrons. The molecule has 0 bridgehead atoms. The Morgan fingerprint density at radius 1 is 1.20 bits per heavy atom. The topological polar surface area (TPSA) is 139 Å². The number of nitro groups is 1. The number of morpholine rings is 1. The lowest BCUT2D eigenvalue weighted by Gasteiger charge is -2.26. The molecule has 1 aliphatic rings.